The first-order valence-electron chi connectivity index (χ1n) is 7.72. The maximum Gasteiger partial charge on any atom is 0.376 e. The molecule has 24 heavy (non-hydrogen) atoms. The van der Waals surface area contributed by atoms with Crippen LogP contribution < -0.4 is 5.32 Å². The maximum atomic E-state index is 12.0. The Morgan fingerprint density at radius 3 is 2.75 bits per heavy atom. The molecular weight excluding hydrogens is 308 g/mol. The second-order valence-corrected chi connectivity index (χ2v) is 5.34. The van der Waals surface area contributed by atoms with Gasteiger partial charge in [-0.3, -0.25) is 0 Å². The first-order chi connectivity index (χ1) is 11.6. The van der Waals surface area contributed by atoms with Gasteiger partial charge in [-0.05, 0) is 26.3 Å². The van der Waals surface area contributed by atoms with Crippen LogP contribution in [-0.2, 0) is 4.74 Å². The van der Waals surface area contributed by atoms with Crippen LogP contribution in [0.2, 0.25) is 0 Å². The third-order valence-corrected chi connectivity index (χ3v) is 3.62. The van der Waals surface area contributed by atoms with Crippen molar-refractivity contribution in [2.24, 2.45) is 0 Å². The number of nitrogens with zero attached hydrogens (tertiary/aromatic N) is 3. The van der Waals surface area contributed by atoms with Gasteiger partial charge in [0.1, 0.15) is 11.2 Å². The molecule has 0 saturated carbocycles. The van der Waals surface area contributed by atoms with E-state index in [4.69, 9.17) is 9.26 Å². The van der Waals surface area contributed by atoms with Crippen LogP contribution in [0.3, 0.4) is 0 Å². The first-order valence-corrected chi connectivity index (χ1v) is 7.72. The summed E-state index contributed by atoms with van der Waals surface area (Å²) in [6, 6.07) is 9.91. The van der Waals surface area contributed by atoms with Gasteiger partial charge in [-0.15, -0.1) is 0 Å². The first kappa shape index (κ1) is 15.9. The summed E-state index contributed by atoms with van der Waals surface area (Å²) in [5, 5.41) is 7.88. The minimum atomic E-state index is -0.594. The monoisotopic (exact) mass is 326 g/mol. The Kier molecular flexibility index (Phi) is 4.41. The van der Waals surface area contributed by atoms with Crippen LogP contribution in [0.4, 0.5) is 5.82 Å². The van der Waals surface area contributed by atoms with Crippen LogP contribution in [-0.4, -0.2) is 27.7 Å². The lowest BCUT2D eigenvalue weighted by atomic mass is 10.1. The fourth-order valence-corrected chi connectivity index (χ4v) is 2.41. The van der Waals surface area contributed by atoms with Gasteiger partial charge in [0, 0.05) is 6.04 Å². The van der Waals surface area contributed by atoms with Crippen molar-refractivity contribution in [1.82, 2.24) is 15.1 Å². The van der Waals surface area contributed by atoms with Crippen LogP contribution in [0.5, 0.6) is 0 Å². The predicted molar refractivity (Wildman–Crippen MR) is 88.8 cm³/mol. The molecule has 0 saturated heterocycles. The number of nitrogens with one attached hydrogen (secondary N) is 1. The van der Waals surface area contributed by atoms with Crippen molar-refractivity contribution in [1.29, 1.82) is 0 Å². The number of esters is 1. The maximum absolute atomic E-state index is 12.0. The van der Waals surface area contributed by atoms with E-state index in [1.54, 1.807) is 13.8 Å². The van der Waals surface area contributed by atoms with Gasteiger partial charge in [-0.1, -0.05) is 35.5 Å². The normalized spacial score (nSPS) is 12.1. The minimum Gasteiger partial charge on any atom is -0.460 e. The number of anilines is 1. The molecule has 1 atom stereocenters. The van der Waals surface area contributed by atoms with E-state index in [-0.39, 0.29) is 24.2 Å². The summed E-state index contributed by atoms with van der Waals surface area (Å²) in [5.74, 6) is -0.148. The summed E-state index contributed by atoms with van der Waals surface area (Å²) in [4.78, 5) is 20.4. The average molecular weight is 326 g/mol. The summed E-state index contributed by atoms with van der Waals surface area (Å²) in [6.45, 7) is 5.79. The smallest absolute Gasteiger partial charge is 0.376 e. The van der Waals surface area contributed by atoms with Gasteiger partial charge in [0.2, 0.25) is 5.82 Å². The van der Waals surface area contributed by atoms with Crippen molar-refractivity contribution in [3.63, 3.8) is 0 Å². The van der Waals surface area contributed by atoms with Crippen molar-refractivity contribution in [2.45, 2.75) is 26.8 Å². The number of hydrogen-bond acceptors (Lipinski definition) is 7. The third-order valence-electron chi connectivity index (χ3n) is 3.62. The summed E-state index contributed by atoms with van der Waals surface area (Å²) in [7, 11) is 0. The standard InChI is InChI=1S/C17H18N4O3/c1-4-23-17(22)15-19-14(13-11(3)21-24-16(13)20-15)18-10(2)12-8-6-5-7-9-12/h5-10H,4H2,1-3H3,(H,18,19,20)/t10-/m0/s1. The molecule has 124 valence electrons. The lowest BCUT2D eigenvalue weighted by molar-refractivity contribution is 0.0512. The number of carbonyl (C=O) groups is 1. The van der Waals surface area contributed by atoms with Crippen LogP contribution >= 0.6 is 0 Å². The molecule has 0 bridgehead atoms. The second kappa shape index (κ2) is 6.66. The number of ether oxygens (including phenoxy) is 1. The highest BCUT2D eigenvalue weighted by Crippen LogP contribution is 2.27. The molecule has 0 fully saturated rings. The summed E-state index contributed by atoms with van der Waals surface area (Å²) < 4.78 is 10.2. The number of carbonyl (C=O) groups excluding carboxylic acids is 1. The molecule has 3 aromatic rings. The van der Waals surface area contributed by atoms with Crippen molar-refractivity contribution < 1.29 is 14.1 Å². The topological polar surface area (TPSA) is 90.1 Å². The van der Waals surface area contributed by atoms with Crippen LogP contribution in [0.15, 0.2) is 34.9 Å². The highest BCUT2D eigenvalue weighted by molar-refractivity contribution is 5.93. The van der Waals surface area contributed by atoms with Gasteiger partial charge in [0.15, 0.2) is 0 Å². The SMILES string of the molecule is CCOC(=O)c1nc(N[C@@H](C)c2ccccc2)c2c(C)noc2n1. The van der Waals surface area contributed by atoms with Crippen molar-refractivity contribution in [3.8, 4) is 0 Å². The molecule has 2 heterocycles. The molecular formula is C17H18N4O3. The Bertz CT molecular complexity index is 861. The number of hydrogen-bond donors (Lipinski definition) is 1. The summed E-state index contributed by atoms with van der Waals surface area (Å²) in [5.41, 5.74) is 2.01. The highest BCUT2D eigenvalue weighted by atomic mass is 16.5. The Balaban J connectivity index is 2.01. The van der Waals surface area contributed by atoms with E-state index in [2.05, 4.69) is 20.4 Å². The molecule has 1 aromatic carbocycles. The zero-order valence-corrected chi connectivity index (χ0v) is 13.7. The second-order valence-electron chi connectivity index (χ2n) is 5.34. The molecule has 0 amide bonds. The average Bonchev–Trinajstić information content (AvgIpc) is 2.97. The lowest BCUT2D eigenvalue weighted by Crippen LogP contribution is -2.14. The molecule has 0 radical (unpaired) electrons. The van der Waals surface area contributed by atoms with E-state index in [1.165, 1.54) is 0 Å². The zero-order chi connectivity index (χ0) is 17.1. The molecule has 0 unspecified atom stereocenters. The number of aromatic nitrogens is 3. The lowest BCUT2D eigenvalue weighted by Gasteiger charge is -2.15. The molecule has 1 N–H and O–H groups in total. The van der Waals surface area contributed by atoms with E-state index in [0.717, 1.165) is 5.56 Å². The van der Waals surface area contributed by atoms with Gasteiger partial charge in [-0.2, -0.15) is 4.98 Å². The number of fused-ring (bicyclic) bond motifs is 1. The van der Waals surface area contributed by atoms with Gasteiger partial charge in [0.05, 0.1) is 12.3 Å². The summed E-state index contributed by atoms with van der Waals surface area (Å²) in [6.07, 6.45) is 0. The van der Waals surface area contributed by atoms with Crippen LogP contribution in [0.1, 0.15) is 41.8 Å². The van der Waals surface area contributed by atoms with Gasteiger partial charge in [-0.25, -0.2) is 9.78 Å². The van der Waals surface area contributed by atoms with Crippen LogP contribution in [0.25, 0.3) is 11.1 Å². The van der Waals surface area contributed by atoms with Gasteiger partial charge < -0.3 is 14.6 Å². The van der Waals surface area contributed by atoms with E-state index in [1.807, 2.05) is 37.3 Å². The molecule has 3 rings (SSSR count). The Morgan fingerprint density at radius 2 is 2.04 bits per heavy atom. The van der Waals surface area contributed by atoms with Crippen molar-refractivity contribution in [2.75, 3.05) is 11.9 Å². The Morgan fingerprint density at radius 1 is 1.29 bits per heavy atom. The van der Waals surface area contributed by atoms with Crippen LogP contribution in [0, 0.1) is 6.92 Å². The van der Waals surface area contributed by atoms with E-state index < -0.39 is 5.97 Å². The molecule has 7 nitrogen and oxygen atoms in total. The molecule has 0 aliphatic heterocycles. The fraction of sp³-hybridized carbons (Fsp3) is 0.294. The van der Waals surface area contributed by atoms with Crippen molar-refractivity contribution in [3.05, 3.63) is 47.4 Å². The van der Waals surface area contributed by atoms with E-state index in [9.17, 15) is 4.79 Å². The highest BCUT2D eigenvalue weighted by Gasteiger charge is 2.20. The Hall–Kier alpha value is -2.96. The van der Waals surface area contributed by atoms with Gasteiger partial charge >= 0.3 is 5.97 Å². The van der Waals surface area contributed by atoms with Crippen molar-refractivity contribution >= 4 is 22.9 Å². The molecule has 2 aromatic heterocycles. The van der Waals surface area contributed by atoms with E-state index >= 15 is 0 Å². The number of rotatable bonds is 5. The molecule has 0 aliphatic carbocycles. The van der Waals surface area contributed by atoms with E-state index in [0.29, 0.717) is 16.9 Å². The third kappa shape index (κ3) is 3.05. The largest absolute Gasteiger partial charge is 0.460 e. The minimum absolute atomic E-state index is 0.0198. The quantitative estimate of drug-likeness (QED) is 0.719. The molecule has 7 heteroatoms. The number of benzene rings is 1. The molecule has 0 aliphatic rings. The zero-order valence-electron chi connectivity index (χ0n) is 13.7. The molecule has 0 spiro atoms. The summed E-state index contributed by atoms with van der Waals surface area (Å²) >= 11 is 0. The fourth-order valence-electron chi connectivity index (χ4n) is 2.41. The number of aryl methyl sites for hydroxylation is 1. The predicted octanol–water partition coefficient (Wildman–Crippen LogP) is 3.28. The Labute approximate surface area is 139 Å². The van der Waals surface area contributed by atoms with Gasteiger partial charge in [0.25, 0.3) is 5.71 Å².